The summed E-state index contributed by atoms with van der Waals surface area (Å²) in [5, 5.41) is 0. The van der Waals surface area contributed by atoms with Gasteiger partial charge < -0.3 is 9.47 Å². The number of esters is 1. The molecule has 0 saturated heterocycles. The first-order chi connectivity index (χ1) is 16.0. The van der Waals surface area contributed by atoms with Crippen molar-refractivity contribution in [3.8, 4) is 0 Å². The van der Waals surface area contributed by atoms with Gasteiger partial charge in [-0.1, -0.05) is 40.2 Å². The van der Waals surface area contributed by atoms with E-state index in [9.17, 15) is 9.36 Å². The maximum Gasteiger partial charge on any atom is 0.405 e. The number of alkyl halides is 2. The summed E-state index contributed by atoms with van der Waals surface area (Å²) in [6, 6.07) is 10.9. The Morgan fingerprint density at radius 1 is 0.886 bits per heavy atom. The van der Waals surface area contributed by atoms with Crippen LogP contribution < -0.4 is 0 Å². The van der Waals surface area contributed by atoms with E-state index in [2.05, 4.69) is 20.7 Å². The van der Waals surface area contributed by atoms with Gasteiger partial charge in [-0.05, 0) is 70.9 Å². The average molecular weight is 577 g/mol. The molecule has 0 aliphatic heterocycles. The Morgan fingerprint density at radius 3 is 1.83 bits per heavy atom. The van der Waals surface area contributed by atoms with Crippen molar-refractivity contribution in [1.82, 2.24) is 0 Å². The summed E-state index contributed by atoms with van der Waals surface area (Å²) in [5.41, 5.74) is -4.77. The van der Waals surface area contributed by atoms with E-state index >= 15 is 8.78 Å². The number of rotatable bonds is 9. The van der Waals surface area contributed by atoms with Crippen LogP contribution in [-0.4, -0.2) is 24.3 Å². The molecule has 6 nitrogen and oxygen atoms in total. The monoisotopic (exact) mass is 576 g/mol. The lowest BCUT2D eigenvalue weighted by molar-refractivity contribution is -0.0216. The first-order valence-corrected chi connectivity index (χ1v) is 13.2. The number of ether oxygens (including phenoxy) is 2. The van der Waals surface area contributed by atoms with Crippen molar-refractivity contribution in [2.24, 2.45) is 0 Å². The highest BCUT2D eigenvalue weighted by molar-refractivity contribution is 9.10. The molecule has 194 valence electrons. The van der Waals surface area contributed by atoms with Crippen LogP contribution in [0.3, 0.4) is 0 Å². The van der Waals surface area contributed by atoms with Crippen molar-refractivity contribution in [3.05, 3.63) is 69.2 Å². The first-order valence-electron chi connectivity index (χ1n) is 10.9. The Kier molecular flexibility index (Phi) is 9.45. The number of hydrogen-bond acceptors (Lipinski definition) is 6. The van der Waals surface area contributed by atoms with Gasteiger partial charge in [0.15, 0.2) is 0 Å². The zero-order valence-electron chi connectivity index (χ0n) is 21.0. The molecule has 35 heavy (non-hydrogen) atoms. The Morgan fingerprint density at radius 2 is 1.37 bits per heavy atom. The van der Waals surface area contributed by atoms with Gasteiger partial charge in [-0.25, -0.2) is 4.79 Å². The van der Waals surface area contributed by atoms with Gasteiger partial charge in [-0.3, -0.25) is 13.6 Å². The summed E-state index contributed by atoms with van der Waals surface area (Å²) in [6.45, 7) is 9.66. The second kappa shape index (κ2) is 11.2. The molecular formula is C25H32BrF2O6P. The zero-order valence-corrected chi connectivity index (χ0v) is 23.5. The van der Waals surface area contributed by atoms with Gasteiger partial charge in [0.05, 0.1) is 37.1 Å². The second-order valence-corrected chi connectivity index (χ2v) is 12.7. The van der Waals surface area contributed by atoms with Crippen molar-refractivity contribution in [3.63, 3.8) is 0 Å². The highest BCUT2D eigenvalue weighted by Crippen LogP contribution is 2.70. The molecule has 0 N–H and O–H groups in total. The molecule has 0 amide bonds. The average Bonchev–Trinajstić information content (AvgIpc) is 2.70. The van der Waals surface area contributed by atoms with Crippen LogP contribution in [0.2, 0.25) is 0 Å². The molecule has 0 aromatic heterocycles. The van der Waals surface area contributed by atoms with E-state index in [1.807, 2.05) is 0 Å². The van der Waals surface area contributed by atoms with Crippen molar-refractivity contribution in [2.45, 2.75) is 71.6 Å². The van der Waals surface area contributed by atoms with E-state index < -0.39 is 36.0 Å². The molecule has 10 heteroatoms. The summed E-state index contributed by atoms with van der Waals surface area (Å²) in [7, 11) is -3.62. The van der Waals surface area contributed by atoms with Crippen LogP contribution in [0.5, 0.6) is 0 Å². The molecule has 0 unspecified atom stereocenters. The van der Waals surface area contributed by atoms with E-state index in [-0.39, 0.29) is 17.7 Å². The topological polar surface area (TPSA) is 71.1 Å². The van der Waals surface area contributed by atoms with Gasteiger partial charge in [-0.15, -0.1) is 0 Å². The zero-order chi connectivity index (χ0) is 26.7. The highest BCUT2D eigenvalue weighted by Gasteiger charge is 2.59. The Labute approximate surface area is 214 Å². The minimum Gasteiger partial charge on any atom is -0.465 e. The van der Waals surface area contributed by atoms with Crippen LogP contribution in [-0.2, 0) is 42.0 Å². The Bertz CT molecular complexity index is 1050. The standard InChI is InChI=1S/C25H32BrF2O6P/c1-23(2,3)33-35(30,34-24(4,5)6)25(27,28)20-13-10-18(14-21(20)26)16-32-15-17-8-11-19(12-9-17)22(29)31-7/h8-14H,15-16H2,1-7H3. The minimum atomic E-state index is -4.93. The van der Waals surface area contributed by atoms with E-state index in [1.54, 1.807) is 65.8 Å². The molecule has 0 aliphatic carbocycles. The highest BCUT2D eigenvalue weighted by atomic mass is 79.9. The van der Waals surface area contributed by atoms with Gasteiger partial charge in [0.1, 0.15) is 0 Å². The Hall–Kier alpha value is -1.64. The molecule has 2 aromatic rings. The largest absolute Gasteiger partial charge is 0.465 e. The third-order valence-corrected chi connectivity index (χ3v) is 7.56. The third kappa shape index (κ3) is 8.19. The molecule has 2 aromatic carbocycles. The SMILES string of the molecule is COC(=O)c1ccc(COCc2ccc(C(F)(F)P(=O)(OC(C)(C)C)OC(C)(C)C)c(Br)c2)cc1. The molecule has 2 rings (SSSR count). The summed E-state index contributed by atoms with van der Waals surface area (Å²) in [6.07, 6.45) is 0. The molecule has 0 aliphatic rings. The van der Waals surface area contributed by atoms with Crippen LogP contribution in [0.1, 0.15) is 68.6 Å². The van der Waals surface area contributed by atoms with Crippen molar-refractivity contribution in [2.75, 3.05) is 7.11 Å². The summed E-state index contributed by atoms with van der Waals surface area (Å²) in [4.78, 5) is 11.5. The van der Waals surface area contributed by atoms with Crippen molar-refractivity contribution >= 4 is 29.5 Å². The molecule has 0 spiro atoms. The van der Waals surface area contributed by atoms with Gasteiger partial charge in [0.25, 0.3) is 0 Å². The molecule has 0 radical (unpaired) electrons. The van der Waals surface area contributed by atoms with Crippen LogP contribution >= 0.6 is 23.5 Å². The number of carbonyl (C=O) groups excluding carboxylic acids is 1. The smallest absolute Gasteiger partial charge is 0.405 e. The summed E-state index contributed by atoms with van der Waals surface area (Å²) < 4.78 is 65.9. The Balaban J connectivity index is 2.18. The third-order valence-electron chi connectivity index (χ3n) is 4.40. The summed E-state index contributed by atoms with van der Waals surface area (Å²) in [5.74, 6) is -0.426. The van der Waals surface area contributed by atoms with Crippen molar-refractivity contribution < 1.29 is 36.7 Å². The molecule has 0 heterocycles. The fourth-order valence-corrected chi connectivity index (χ4v) is 6.06. The van der Waals surface area contributed by atoms with Gasteiger partial charge in [0.2, 0.25) is 0 Å². The predicted molar refractivity (Wildman–Crippen MR) is 134 cm³/mol. The number of carbonyl (C=O) groups is 1. The lowest BCUT2D eigenvalue weighted by atomic mass is 10.1. The first kappa shape index (κ1) is 29.6. The fourth-order valence-electron chi connectivity index (χ4n) is 3.04. The predicted octanol–water partition coefficient (Wildman–Crippen LogP) is 7.83. The molecular weight excluding hydrogens is 545 g/mol. The second-order valence-electron chi connectivity index (χ2n) is 9.94. The van der Waals surface area contributed by atoms with E-state index in [0.29, 0.717) is 11.1 Å². The molecule has 0 atom stereocenters. The number of halogens is 3. The molecule has 0 saturated carbocycles. The van der Waals surface area contributed by atoms with Crippen LogP contribution in [0.25, 0.3) is 0 Å². The number of benzene rings is 2. The van der Waals surface area contributed by atoms with Crippen LogP contribution in [0.4, 0.5) is 8.78 Å². The quantitative estimate of drug-likeness (QED) is 0.224. The van der Waals surface area contributed by atoms with Gasteiger partial charge >= 0.3 is 19.2 Å². The van der Waals surface area contributed by atoms with Crippen LogP contribution in [0.15, 0.2) is 46.9 Å². The lowest BCUT2D eigenvalue weighted by Crippen LogP contribution is -2.30. The van der Waals surface area contributed by atoms with Gasteiger partial charge in [-0.2, -0.15) is 8.78 Å². The molecule has 0 fully saturated rings. The normalized spacial score (nSPS) is 13.1. The maximum absolute atomic E-state index is 15.6. The number of methoxy groups -OCH3 is 1. The van der Waals surface area contributed by atoms with E-state index in [1.165, 1.54) is 25.3 Å². The maximum atomic E-state index is 15.6. The summed E-state index contributed by atoms with van der Waals surface area (Å²) >= 11 is 3.19. The van der Waals surface area contributed by atoms with Crippen LogP contribution in [0, 0.1) is 0 Å². The van der Waals surface area contributed by atoms with Gasteiger partial charge in [0, 0.05) is 10.0 Å². The number of hydrogen-bond donors (Lipinski definition) is 0. The fraction of sp³-hybridized carbons (Fsp3) is 0.480. The van der Waals surface area contributed by atoms with Crippen molar-refractivity contribution in [1.29, 1.82) is 0 Å². The van der Waals surface area contributed by atoms with E-state index in [4.69, 9.17) is 13.8 Å². The molecule has 0 bridgehead atoms. The minimum absolute atomic E-state index is 0.0567. The lowest BCUT2D eigenvalue weighted by Gasteiger charge is -2.36. The van der Waals surface area contributed by atoms with E-state index in [0.717, 1.165) is 5.56 Å².